The van der Waals surface area contributed by atoms with E-state index >= 15 is 0 Å². The standard InChI is InChI=1S/C16H16INO/c1-12(13-5-3-2-4-6-13)11-16(19)18-15-9-7-14(17)8-10-15/h2-10,12H,11H2,1H3,(H,18,19). The zero-order valence-electron chi connectivity index (χ0n) is 10.8. The highest BCUT2D eigenvalue weighted by atomic mass is 127. The number of amides is 1. The van der Waals surface area contributed by atoms with Gasteiger partial charge in [0.1, 0.15) is 0 Å². The summed E-state index contributed by atoms with van der Waals surface area (Å²) in [4.78, 5) is 12.0. The molecule has 0 saturated heterocycles. The number of anilines is 1. The Morgan fingerprint density at radius 1 is 1.11 bits per heavy atom. The SMILES string of the molecule is CC(CC(=O)Nc1ccc(I)cc1)c1ccccc1. The van der Waals surface area contributed by atoms with Crippen LogP contribution in [0.5, 0.6) is 0 Å². The number of halogens is 1. The molecular weight excluding hydrogens is 349 g/mol. The van der Waals surface area contributed by atoms with Crippen LogP contribution in [0.15, 0.2) is 54.6 Å². The summed E-state index contributed by atoms with van der Waals surface area (Å²) in [5, 5.41) is 2.93. The minimum atomic E-state index is 0.0533. The Morgan fingerprint density at radius 2 is 1.74 bits per heavy atom. The van der Waals surface area contributed by atoms with E-state index in [0.717, 1.165) is 9.26 Å². The van der Waals surface area contributed by atoms with Crippen molar-refractivity contribution in [2.75, 3.05) is 5.32 Å². The van der Waals surface area contributed by atoms with Gasteiger partial charge in [0, 0.05) is 15.7 Å². The van der Waals surface area contributed by atoms with Crippen LogP contribution >= 0.6 is 22.6 Å². The molecule has 0 spiro atoms. The summed E-state index contributed by atoms with van der Waals surface area (Å²) in [6.07, 6.45) is 0.496. The van der Waals surface area contributed by atoms with Gasteiger partial charge in [-0.25, -0.2) is 0 Å². The molecule has 19 heavy (non-hydrogen) atoms. The summed E-state index contributed by atoms with van der Waals surface area (Å²) in [5.41, 5.74) is 2.05. The maximum atomic E-state index is 12.0. The van der Waals surface area contributed by atoms with Crippen LogP contribution < -0.4 is 5.32 Å². The van der Waals surface area contributed by atoms with E-state index in [1.807, 2.05) is 42.5 Å². The normalized spacial score (nSPS) is 11.9. The summed E-state index contributed by atoms with van der Waals surface area (Å²) in [6.45, 7) is 2.07. The molecule has 0 aliphatic heterocycles. The summed E-state index contributed by atoms with van der Waals surface area (Å²) in [6, 6.07) is 17.9. The monoisotopic (exact) mass is 365 g/mol. The van der Waals surface area contributed by atoms with Crippen molar-refractivity contribution >= 4 is 34.2 Å². The van der Waals surface area contributed by atoms with Crippen molar-refractivity contribution in [1.82, 2.24) is 0 Å². The van der Waals surface area contributed by atoms with Gasteiger partial charge in [0.05, 0.1) is 0 Å². The molecule has 2 aromatic rings. The fourth-order valence-corrected chi connectivity index (χ4v) is 2.28. The van der Waals surface area contributed by atoms with Gasteiger partial charge in [0.2, 0.25) is 5.91 Å². The van der Waals surface area contributed by atoms with E-state index in [0.29, 0.717) is 6.42 Å². The highest BCUT2D eigenvalue weighted by molar-refractivity contribution is 14.1. The molecule has 1 N–H and O–H groups in total. The highest BCUT2D eigenvalue weighted by Gasteiger charge is 2.10. The van der Waals surface area contributed by atoms with Gasteiger partial charge in [-0.15, -0.1) is 0 Å². The fraction of sp³-hybridized carbons (Fsp3) is 0.188. The number of rotatable bonds is 4. The number of benzene rings is 2. The highest BCUT2D eigenvalue weighted by Crippen LogP contribution is 2.19. The summed E-state index contributed by atoms with van der Waals surface area (Å²) >= 11 is 2.25. The smallest absolute Gasteiger partial charge is 0.224 e. The molecule has 0 aliphatic rings. The van der Waals surface area contributed by atoms with Crippen LogP contribution in [0.1, 0.15) is 24.8 Å². The van der Waals surface area contributed by atoms with Crippen molar-refractivity contribution in [3.63, 3.8) is 0 Å². The van der Waals surface area contributed by atoms with Gasteiger partial charge in [-0.3, -0.25) is 4.79 Å². The average molecular weight is 365 g/mol. The maximum Gasteiger partial charge on any atom is 0.224 e. The number of carbonyl (C=O) groups excluding carboxylic acids is 1. The Balaban J connectivity index is 1.93. The van der Waals surface area contributed by atoms with Gasteiger partial charge in [0.25, 0.3) is 0 Å². The van der Waals surface area contributed by atoms with Gasteiger partial charge in [-0.05, 0) is 58.3 Å². The minimum absolute atomic E-state index is 0.0533. The van der Waals surface area contributed by atoms with E-state index in [1.54, 1.807) is 0 Å². The van der Waals surface area contributed by atoms with Crippen molar-refractivity contribution in [3.8, 4) is 0 Å². The zero-order chi connectivity index (χ0) is 13.7. The molecule has 0 radical (unpaired) electrons. The maximum absolute atomic E-state index is 12.0. The van der Waals surface area contributed by atoms with Crippen molar-refractivity contribution in [3.05, 3.63) is 63.7 Å². The van der Waals surface area contributed by atoms with Gasteiger partial charge in [-0.2, -0.15) is 0 Å². The Labute approximate surface area is 127 Å². The predicted octanol–water partition coefficient (Wildman–Crippen LogP) is 4.42. The van der Waals surface area contributed by atoms with E-state index in [2.05, 4.69) is 47.0 Å². The zero-order valence-corrected chi connectivity index (χ0v) is 12.9. The van der Waals surface area contributed by atoms with E-state index in [1.165, 1.54) is 5.56 Å². The lowest BCUT2D eigenvalue weighted by atomic mass is 9.97. The van der Waals surface area contributed by atoms with Gasteiger partial charge < -0.3 is 5.32 Å². The molecule has 0 saturated carbocycles. The number of carbonyl (C=O) groups is 1. The third-order valence-corrected chi connectivity index (χ3v) is 3.71. The van der Waals surface area contributed by atoms with Crippen LogP contribution in [0.2, 0.25) is 0 Å². The van der Waals surface area contributed by atoms with Crippen LogP contribution in [-0.2, 0) is 4.79 Å². The first-order chi connectivity index (χ1) is 9.15. The molecule has 1 atom stereocenters. The molecular formula is C16H16INO. The second-order valence-corrected chi connectivity index (χ2v) is 5.82. The molecule has 0 fully saturated rings. The van der Waals surface area contributed by atoms with Crippen molar-refractivity contribution in [2.24, 2.45) is 0 Å². The molecule has 2 rings (SSSR count). The molecule has 0 heterocycles. The molecule has 2 aromatic carbocycles. The van der Waals surface area contributed by atoms with Gasteiger partial charge in [0.15, 0.2) is 0 Å². The summed E-state index contributed by atoms with van der Waals surface area (Å²) < 4.78 is 1.16. The second kappa shape index (κ2) is 6.70. The van der Waals surface area contributed by atoms with Crippen LogP contribution in [0.25, 0.3) is 0 Å². The second-order valence-electron chi connectivity index (χ2n) is 4.57. The topological polar surface area (TPSA) is 29.1 Å². The molecule has 2 nitrogen and oxygen atoms in total. The lowest BCUT2D eigenvalue weighted by Crippen LogP contribution is -2.14. The largest absolute Gasteiger partial charge is 0.326 e. The molecule has 98 valence electrons. The summed E-state index contributed by atoms with van der Waals surface area (Å²) in [5.74, 6) is 0.280. The number of hydrogen-bond acceptors (Lipinski definition) is 1. The van der Waals surface area contributed by atoms with Crippen LogP contribution in [0, 0.1) is 3.57 Å². The fourth-order valence-electron chi connectivity index (χ4n) is 1.92. The molecule has 1 unspecified atom stereocenters. The van der Waals surface area contributed by atoms with E-state index in [4.69, 9.17) is 0 Å². The predicted molar refractivity (Wildman–Crippen MR) is 87.3 cm³/mol. The lowest BCUT2D eigenvalue weighted by Gasteiger charge is -2.12. The van der Waals surface area contributed by atoms with Crippen molar-refractivity contribution in [1.29, 1.82) is 0 Å². The van der Waals surface area contributed by atoms with Gasteiger partial charge in [-0.1, -0.05) is 37.3 Å². The van der Waals surface area contributed by atoms with Gasteiger partial charge >= 0.3 is 0 Å². The molecule has 0 bridgehead atoms. The Hall–Kier alpha value is -1.36. The van der Waals surface area contributed by atoms with Crippen molar-refractivity contribution in [2.45, 2.75) is 19.3 Å². The van der Waals surface area contributed by atoms with E-state index in [9.17, 15) is 4.79 Å². The van der Waals surface area contributed by atoms with Crippen molar-refractivity contribution < 1.29 is 4.79 Å². The Kier molecular flexibility index (Phi) is 4.96. The Morgan fingerprint density at radius 3 is 2.37 bits per heavy atom. The third-order valence-electron chi connectivity index (χ3n) is 2.99. The minimum Gasteiger partial charge on any atom is -0.326 e. The first-order valence-corrected chi connectivity index (χ1v) is 7.33. The van der Waals surface area contributed by atoms with E-state index < -0.39 is 0 Å². The first-order valence-electron chi connectivity index (χ1n) is 6.25. The molecule has 0 aliphatic carbocycles. The molecule has 1 amide bonds. The lowest BCUT2D eigenvalue weighted by molar-refractivity contribution is -0.116. The number of nitrogens with one attached hydrogen (secondary N) is 1. The van der Waals surface area contributed by atoms with Crippen LogP contribution in [0.4, 0.5) is 5.69 Å². The van der Waals surface area contributed by atoms with Crippen LogP contribution in [-0.4, -0.2) is 5.91 Å². The quantitative estimate of drug-likeness (QED) is 0.799. The molecule has 0 aromatic heterocycles. The van der Waals surface area contributed by atoms with E-state index in [-0.39, 0.29) is 11.8 Å². The third kappa shape index (κ3) is 4.35. The first kappa shape index (κ1) is 14.1. The molecule has 3 heteroatoms. The summed E-state index contributed by atoms with van der Waals surface area (Å²) in [7, 11) is 0. The Bertz CT molecular complexity index is 536. The number of hydrogen-bond donors (Lipinski definition) is 1. The average Bonchev–Trinajstić information content (AvgIpc) is 2.42. The van der Waals surface area contributed by atoms with Crippen LogP contribution in [0.3, 0.4) is 0 Å².